The summed E-state index contributed by atoms with van der Waals surface area (Å²) in [6.45, 7) is 9.23. The van der Waals surface area contributed by atoms with Crippen molar-refractivity contribution in [1.29, 1.82) is 0 Å². The van der Waals surface area contributed by atoms with Crippen LogP contribution in [-0.4, -0.2) is 35.3 Å². The normalized spacial score (nSPS) is 21.4. The summed E-state index contributed by atoms with van der Waals surface area (Å²) in [5.41, 5.74) is -0.224. The lowest BCUT2D eigenvalue weighted by Gasteiger charge is -2.23. The van der Waals surface area contributed by atoms with Crippen LogP contribution in [-0.2, 0) is 9.59 Å². The van der Waals surface area contributed by atoms with E-state index in [1.807, 2.05) is 27.7 Å². The summed E-state index contributed by atoms with van der Waals surface area (Å²) < 4.78 is 0. The molecular formula is C12H22N2O2. The van der Waals surface area contributed by atoms with Crippen LogP contribution >= 0.6 is 0 Å². The molecule has 4 nitrogen and oxygen atoms in total. The minimum atomic E-state index is -0.224. The first kappa shape index (κ1) is 13.0. The van der Waals surface area contributed by atoms with Gasteiger partial charge in [-0.3, -0.25) is 9.59 Å². The predicted octanol–water partition coefficient (Wildman–Crippen LogP) is 1.16. The third-order valence-corrected chi connectivity index (χ3v) is 2.58. The van der Waals surface area contributed by atoms with Crippen molar-refractivity contribution in [1.82, 2.24) is 10.2 Å². The average molecular weight is 226 g/mol. The number of carbonyl (C=O) groups is 2. The second kappa shape index (κ2) is 4.85. The first-order chi connectivity index (χ1) is 7.33. The number of likely N-dealkylation sites (tertiary alicyclic amines) is 1. The molecule has 0 aromatic rings. The maximum Gasteiger partial charge on any atom is 0.225 e. The monoisotopic (exact) mass is 226 g/mol. The maximum absolute atomic E-state index is 11.9. The van der Waals surface area contributed by atoms with Gasteiger partial charge in [0, 0.05) is 25.0 Å². The van der Waals surface area contributed by atoms with Crippen LogP contribution in [0.25, 0.3) is 0 Å². The summed E-state index contributed by atoms with van der Waals surface area (Å²) in [7, 11) is 0. The van der Waals surface area contributed by atoms with Gasteiger partial charge in [-0.05, 0) is 27.2 Å². The van der Waals surface area contributed by atoms with Gasteiger partial charge < -0.3 is 10.2 Å². The van der Waals surface area contributed by atoms with E-state index < -0.39 is 0 Å². The van der Waals surface area contributed by atoms with Crippen LogP contribution in [0, 0.1) is 5.92 Å². The van der Waals surface area contributed by atoms with Crippen molar-refractivity contribution in [2.45, 2.75) is 46.1 Å². The Kier molecular flexibility index (Phi) is 3.94. The van der Waals surface area contributed by atoms with Crippen LogP contribution in [0.2, 0.25) is 0 Å². The SMILES string of the molecule is CCCN1CC(C(=O)NC(C)(C)C)CC1=O. The van der Waals surface area contributed by atoms with E-state index in [0.717, 1.165) is 13.0 Å². The molecule has 2 amide bonds. The number of carbonyl (C=O) groups excluding carboxylic acids is 2. The predicted molar refractivity (Wildman–Crippen MR) is 62.9 cm³/mol. The fourth-order valence-corrected chi connectivity index (χ4v) is 1.91. The van der Waals surface area contributed by atoms with E-state index in [9.17, 15) is 9.59 Å². The van der Waals surface area contributed by atoms with E-state index in [4.69, 9.17) is 0 Å². The van der Waals surface area contributed by atoms with E-state index in [2.05, 4.69) is 5.32 Å². The molecule has 0 aliphatic carbocycles. The summed E-state index contributed by atoms with van der Waals surface area (Å²) >= 11 is 0. The molecule has 4 heteroatoms. The molecule has 1 unspecified atom stereocenters. The Hall–Kier alpha value is -1.06. The van der Waals surface area contributed by atoms with Crippen LogP contribution < -0.4 is 5.32 Å². The number of nitrogens with zero attached hydrogens (tertiary/aromatic N) is 1. The zero-order valence-corrected chi connectivity index (χ0v) is 10.7. The minimum absolute atomic E-state index is 0.000506. The quantitative estimate of drug-likeness (QED) is 0.785. The molecule has 0 aromatic heterocycles. The Morgan fingerprint density at radius 1 is 1.50 bits per heavy atom. The highest BCUT2D eigenvalue weighted by molar-refractivity contribution is 5.89. The first-order valence-corrected chi connectivity index (χ1v) is 5.93. The van der Waals surface area contributed by atoms with E-state index in [1.165, 1.54) is 0 Å². The van der Waals surface area contributed by atoms with Gasteiger partial charge in [0.25, 0.3) is 0 Å². The summed E-state index contributed by atoms with van der Waals surface area (Å²) in [5, 5.41) is 2.93. The van der Waals surface area contributed by atoms with Gasteiger partial charge in [0.2, 0.25) is 11.8 Å². The standard InChI is InChI=1S/C12H22N2O2/c1-5-6-14-8-9(7-10(14)15)11(16)13-12(2,3)4/h9H,5-8H2,1-4H3,(H,13,16). The highest BCUT2D eigenvalue weighted by atomic mass is 16.2. The smallest absolute Gasteiger partial charge is 0.225 e. The van der Waals surface area contributed by atoms with Crippen molar-refractivity contribution in [2.24, 2.45) is 5.92 Å². The fraction of sp³-hybridized carbons (Fsp3) is 0.833. The highest BCUT2D eigenvalue weighted by Crippen LogP contribution is 2.19. The minimum Gasteiger partial charge on any atom is -0.351 e. The molecule has 1 fully saturated rings. The van der Waals surface area contributed by atoms with Gasteiger partial charge >= 0.3 is 0 Å². The number of nitrogens with one attached hydrogen (secondary N) is 1. The molecule has 0 aromatic carbocycles. The van der Waals surface area contributed by atoms with Crippen LogP contribution in [0.4, 0.5) is 0 Å². The third-order valence-electron chi connectivity index (χ3n) is 2.58. The Morgan fingerprint density at radius 2 is 2.12 bits per heavy atom. The largest absolute Gasteiger partial charge is 0.351 e. The van der Waals surface area contributed by atoms with Crippen molar-refractivity contribution in [3.05, 3.63) is 0 Å². The Balaban J connectivity index is 2.52. The van der Waals surface area contributed by atoms with Gasteiger partial charge in [-0.25, -0.2) is 0 Å². The Bertz CT molecular complexity index is 281. The zero-order valence-electron chi connectivity index (χ0n) is 10.7. The number of amides is 2. The Labute approximate surface area is 97.4 Å². The van der Waals surface area contributed by atoms with Crippen molar-refractivity contribution < 1.29 is 9.59 Å². The lowest BCUT2D eigenvalue weighted by Crippen LogP contribution is -2.44. The number of rotatable bonds is 3. The number of hydrogen-bond acceptors (Lipinski definition) is 2. The van der Waals surface area contributed by atoms with Crippen molar-refractivity contribution in [3.63, 3.8) is 0 Å². The van der Waals surface area contributed by atoms with Crippen LogP contribution in [0.15, 0.2) is 0 Å². The molecule has 1 aliphatic heterocycles. The molecule has 92 valence electrons. The third kappa shape index (κ3) is 3.51. The molecule has 0 radical (unpaired) electrons. The second-order valence-corrected chi connectivity index (χ2v) is 5.48. The molecule has 1 atom stereocenters. The molecule has 16 heavy (non-hydrogen) atoms. The molecule has 1 N–H and O–H groups in total. The van der Waals surface area contributed by atoms with Crippen molar-refractivity contribution in [2.75, 3.05) is 13.1 Å². The van der Waals surface area contributed by atoms with Gasteiger partial charge in [-0.1, -0.05) is 6.92 Å². The molecule has 1 saturated heterocycles. The molecule has 1 heterocycles. The second-order valence-electron chi connectivity index (χ2n) is 5.48. The van der Waals surface area contributed by atoms with Gasteiger partial charge in [0.15, 0.2) is 0 Å². The summed E-state index contributed by atoms with van der Waals surface area (Å²) in [6, 6.07) is 0. The molecule has 0 bridgehead atoms. The highest BCUT2D eigenvalue weighted by Gasteiger charge is 2.34. The molecule has 0 saturated carbocycles. The van der Waals surface area contributed by atoms with Crippen molar-refractivity contribution in [3.8, 4) is 0 Å². The van der Waals surface area contributed by atoms with Gasteiger partial charge in [0.05, 0.1) is 5.92 Å². The van der Waals surface area contributed by atoms with E-state index in [-0.39, 0.29) is 23.3 Å². The van der Waals surface area contributed by atoms with E-state index >= 15 is 0 Å². The molecule has 1 aliphatic rings. The molecule has 0 spiro atoms. The average Bonchev–Trinajstić information content (AvgIpc) is 2.46. The molecular weight excluding hydrogens is 204 g/mol. The lowest BCUT2D eigenvalue weighted by atomic mass is 10.0. The summed E-state index contributed by atoms with van der Waals surface area (Å²) in [4.78, 5) is 25.2. The number of hydrogen-bond donors (Lipinski definition) is 1. The maximum atomic E-state index is 11.9. The topological polar surface area (TPSA) is 49.4 Å². The molecule has 1 rings (SSSR count). The zero-order chi connectivity index (χ0) is 12.3. The van der Waals surface area contributed by atoms with Gasteiger partial charge in [0.1, 0.15) is 0 Å². The van der Waals surface area contributed by atoms with Gasteiger partial charge in [-0.15, -0.1) is 0 Å². The van der Waals surface area contributed by atoms with Crippen LogP contribution in [0.5, 0.6) is 0 Å². The fourth-order valence-electron chi connectivity index (χ4n) is 1.91. The van der Waals surface area contributed by atoms with Crippen LogP contribution in [0.3, 0.4) is 0 Å². The van der Waals surface area contributed by atoms with E-state index in [0.29, 0.717) is 13.0 Å². The first-order valence-electron chi connectivity index (χ1n) is 5.93. The van der Waals surface area contributed by atoms with Crippen LogP contribution in [0.1, 0.15) is 40.5 Å². The van der Waals surface area contributed by atoms with Gasteiger partial charge in [-0.2, -0.15) is 0 Å². The van der Waals surface area contributed by atoms with E-state index in [1.54, 1.807) is 4.90 Å². The summed E-state index contributed by atoms with van der Waals surface area (Å²) in [6.07, 6.45) is 1.31. The van der Waals surface area contributed by atoms with Crippen molar-refractivity contribution >= 4 is 11.8 Å². The lowest BCUT2D eigenvalue weighted by molar-refractivity contribution is -0.129. The Morgan fingerprint density at radius 3 is 2.62 bits per heavy atom. The summed E-state index contributed by atoms with van der Waals surface area (Å²) in [5.74, 6) is -0.0614.